The molecule has 8 nitrogen and oxygen atoms in total. The molecule has 3 aromatic rings. The van der Waals surface area contributed by atoms with Crippen molar-refractivity contribution < 1.29 is 9.05 Å². The Balaban J connectivity index is 1.53. The normalized spacial score (nSPS) is 13.7. The molecule has 0 saturated carbocycles. The van der Waals surface area contributed by atoms with Crippen molar-refractivity contribution in [2.75, 3.05) is 0 Å². The lowest BCUT2D eigenvalue weighted by atomic mass is 10.2. The van der Waals surface area contributed by atoms with E-state index in [1.807, 2.05) is 13.8 Å². The maximum absolute atomic E-state index is 5.40. The SMILES string of the molecule is CCCCc1noc(C(C)Sc2nnc(SC(C)c3nc(CCCC)no3)s2)n1. The monoisotopic (exact) mass is 454 g/mol. The summed E-state index contributed by atoms with van der Waals surface area (Å²) in [4.78, 5) is 8.97. The summed E-state index contributed by atoms with van der Waals surface area (Å²) in [5.74, 6) is 2.80. The van der Waals surface area contributed by atoms with Gasteiger partial charge in [0.1, 0.15) is 0 Å². The average Bonchev–Trinajstić information content (AvgIpc) is 3.45. The van der Waals surface area contributed by atoms with Crippen LogP contribution in [0, 0.1) is 0 Å². The van der Waals surface area contributed by atoms with Crippen LogP contribution in [0.1, 0.15) is 87.3 Å². The van der Waals surface area contributed by atoms with Crippen LogP contribution in [0.2, 0.25) is 0 Å². The minimum absolute atomic E-state index is 0.0261. The maximum Gasteiger partial charge on any atom is 0.239 e. The molecule has 0 saturated heterocycles. The smallest absolute Gasteiger partial charge is 0.239 e. The fourth-order valence-corrected chi connectivity index (χ4v) is 5.80. The quantitative estimate of drug-likeness (QED) is 0.317. The molecule has 0 amide bonds. The highest BCUT2D eigenvalue weighted by atomic mass is 32.2. The molecule has 0 radical (unpaired) electrons. The minimum Gasteiger partial charge on any atom is -0.338 e. The van der Waals surface area contributed by atoms with Crippen LogP contribution in [-0.2, 0) is 12.8 Å². The number of unbranched alkanes of at least 4 members (excludes halogenated alkanes) is 2. The highest BCUT2D eigenvalue weighted by Gasteiger charge is 2.21. The van der Waals surface area contributed by atoms with Gasteiger partial charge in [-0.05, 0) is 26.7 Å². The van der Waals surface area contributed by atoms with Crippen molar-refractivity contribution in [1.82, 2.24) is 30.5 Å². The lowest BCUT2D eigenvalue weighted by molar-refractivity contribution is 0.374. The molecule has 3 aromatic heterocycles. The number of aryl methyl sites for hydroxylation is 2. The van der Waals surface area contributed by atoms with E-state index in [0.29, 0.717) is 11.8 Å². The predicted octanol–water partition coefficient (Wildman–Crippen LogP) is 5.70. The molecule has 158 valence electrons. The lowest BCUT2D eigenvalue weighted by Gasteiger charge is -2.02. The summed E-state index contributed by atoms with van der Waals surface area (Å²) in [5.41, 5.74) is 0. The van der Waals surface area contributed by atoms with Crippen molar-refractivity contribution in [2.24, 2.45) is 0 Å². The summed E-state index contributed by atoms with van der Waals surface area (Å²) >= 11 is 4.69. The third kappa shape index (κ3) is 6.51. The summed E-state index contributed by atoms with van der Waals surface area (Å²) in [6, 6.07) is 0. The van der Waals surface area contributed by atoms with Gasteiger partial charge >= 0.3 is 0 Å². The van der Waals surface area contributed by atoms with Gasteiger partial charge in [0.25, 0.3) is 0 Å². The van der Waals surface area contributed by atoms with E-state index in [0.717, 1.165) is 58.9 Å². The molecule has 11 heteroatoms. The Morgan fingerprint density at radius 2 is 1.24 bits per heavy atom. The summed E-state index contributed by atoms with van der Waals surface area (Å²) < 4.78 is 12.5. The standard InChI is InChI=1S/C18H26N6O2S3/c1-5-7-9-13-19-15(25-23-13)11(3)27-17-21-22-18(29-17)28-12(4)16-20-14(24-26-16)10-8-6-2/h11-12H,5-10H2,1-4H3. The van der Waals surface area contributed by atoms with Crippen molar-refractivity contribution in [2.45, 2.75) is 85.4 Å². The number of aromatic nitrogens is 6. The van der Waals surface area contributed by atoms with Crippen LogP contribution >= 0.6 is 34.9 Å². The second kappa shape index (κ2) is 11.1. The molecule has 3 rings (SSSR count). The molecule has 0 aromatic carbocycles. The van der Waals surface area contributed by atoms with Crippen molar-refractivity contribution in [1.29, 1.82) is 0 Å². The van der Waals surface area contributed by atoms with Crippen LogP contribution in [-0.4, -0.2) is 30.5 Å². The zero-order valence-electron chi connectivity index (χ0n) is 17.1. The van der Waals surface area contributed by atoms with E-state index in [9.17, 15) is 0 Å². The molecule has 0 bridgehead atoms. The van der Waals surface area contributed by atoms with Gasteiger partial charge in [-0.3, -0.25) is 0 Å². The van der Waals surface area contributed by atoms with Gasteiger partial charge in [-0.25, -0.2) is 0 Å². The van der Waals surface area contributed by atoms with Gasteiger partial charge < -0.3 is 9.05 Å². The van der Waals surface area contributed by atoms with Crippen molar-refractivity contribution in [3.8, 4) is 0 Å². The topological polar surface area (TPSA) is 104 Å². The summed E-state index contributed by atoms with van der Waals surface area (Å²) in [5, 5.41) is 16.7. The third-order valence-electron chi connectivity index (χ3n) is 4.11. The van der Waals surface area contributed by atoms with E-state index in [2.05, 4.69) is 44.3 Å². The lowest BCUT2D eigenvalue weighted by Crippen LogP contribution is -1.91. The number of hydrogen-bond acceptors (Lipinski definition) is 11. The average molecular weight is 455 g/mol. The Morgan fingerprint density at radius 1 is 0.793 bits per heavy atom. The first-order chi connectivity index (χ1) is 14.1. The van der Waals surface area contributed by atoms with Gasteiger partial charge in [0.15, 0.2) is 20.3 Å². The molecule has 0 aliphatic heterocycles. The van der Waals surface area contributed by atoms with Crippen LogP contribution in [0.15, 0.2) is 17.7 Å². The zero-order valence-corrected chi connectivity index (χ0v) is 19.6. The minimum atomic E-state index is 0.0261. The molecule has 0 aliphatic carbocycles. The van der Waals surface area contributed by atoms with Crippen molar-refractivity contribution in [3.05, 3.63) is 23.4 Å². The fourth-order valence-electron chi connectivity index (χ4n) is 2.43. The van der Waals surface area contributed by atoms with E-state index in [1.165, 1.54) is 0 Å². The Bertz CT molecular complexity index is 812. The Hall–Kier alpha value is -1.46. The predicted molar refractivity (Wildman–Crippen MR) is 114 cm³/mol. The van der Waals surface area contributed by atoms with Gasteiger partial charge in [0.2, 0.25) is 11.8 Å². The first-order valence-corrected chi connectivity index (χ1v) is 12.5. The van der Waals surface area contributed by atoms with Gasteiger partial charge in [0, 0.05) is 12.8 Å². The van der Waals surface area contributed by atoms with Crippen LogP contribution in [0.25, 0.3) is 0 Å². The van der Waals surface area contributed by atoms with Crippen LogP contribution < -0.4 is 0 Å². The molecule has 0 aliphatic rings. The van der Waals surface area contributed by atoms with E-state index >= 15 is 0 Å². The molecule has 3 heterocycles. The van der Waals surface area contributed by atoms with E-state index in [4.69, 9.17) is 9.05 Å². The van der Waals surface area contributed by atoms with Crippen molar-refractivity contribution in [3.63, 3.8) is 0 Å². The van der Waals surface area contributed by atoms with Crippen molar-refractivity contribution >= 4 is 34.9 Å². The molecular weight excluding hydrogens is 428 g/mol. The van der Waals surface area contributed by atoms with Gasteiger partial charge in [-0.15, -0.1) is 10.2 Å². The fraction of sp³-hybridized carbons (Fsp3) is 0.667. The van der Waals surface area contributed by atoms with Gasteiger partial charge in [0.05, 0.1) is 10.5 Å². The molecule has 0 N–H and O–H groups in total. The summed E-state index contributed by atoms with van der Waals surface area (Å²) in [6.07, 6.45) is 6.06. The second-order valence-electron chi connectivity index (χ2n) is 6.66. The largest absolute Gasteiger partial charge is 0.338 e. The molecule has 2 atom stereocenters. The number of thioether (sulfide) groups is 2. The van der Waals surface area contributed by atoms with Gasteiger partial charge in [-0.1, -0.05) is 71.9 Å². The zero-order chi connectivity index (χ0) is 20.6. The number of nitrogens with zero attached hydrogens (tertiary/aromatic N) is 6. The van der Waals surface area contributed by atoms with E-state index in [-0.39, 0.29) is 10.5 Å². The summed E-state index contributed by atoms with van der Waals surface area (Å²) in [6.45, 7) is 8.37. The number of hydrogen-bond donors (Lipinski definition) is 0. The Kier molecular flexibility index (Phi) is 8.49. The second-order valence-corrected chi connectivity index (χ2v) is 10.8. The third-order valence-corrected chi connectivity index (χ3v) is 7.38. The highest BCUT2D eigenvalue weighted by Crippen LogP contribution is 2.41. The van der Waals surface area contributed by atoms with E-state index < -0.39 is 0 Å². The molecule has 2 unspecified atom stereocenters. The first-order valence-electron chi connectivity index (χ1n) is 9.90. The molecule has 0 spiro atoms. The summed E-state index contributed by atoms with van der Waals surface area (Å²) in [7, 11) is 0. The Morgan fingerprint density at radius 3 is 1.66 bits per heavy atom. The molecule has 0 fully saturated rings. The highest BCUT2D eigenvalue weighted by molar-refractivity contribution is 8.03. The number of rotatable bonds is 12. The first kappa shape index (κ1) is 22.2. The molecule has 29 heavy (non-hydrogen) atoms. The van der Waals surface area contributed by atoms with E-state index in [1.54, 1.807) is 34.9 Å². The maximum atomic E-state index is 5.40. The van der Waals surface area contributed by atoms with Crippen LogP contribution in [0.5, 0.6) is 0 Å². The van der Waals surface area contributed by atoms with Crippen LogP contribution in [0.4, 0.5) is 0 Å². The van der Waals surface area contributed by atoms with Crippen LogP contribution in [0.3, 0.4) is 0 Å². The van der Waals surface area contributed by atoms with Gasteiger partial charge in [-0.2, -0.15) is 9.97 Å². The Labute approximate surface area is 183 Å². The molecular formula is C18H26N6O2S3.